The molecule has 5 heteroatoms. The molecule has 0 aromatic heterocycles. The molecule has 1 saturated heterocycles. The van der Waals surface area contributed by atoms with Gasteiger partial charge in [-0.25, -0.2) is 0 Å². The van der Waals surface area contributed by atoms with E-state index in [1.54, 1.807) is 13.2 Å². The van der Waals surface area contributed by atoms with Crippen LogP contribution in [0.25, 0.3) is 17.2 Å². The van der Waals surface area contributed by atoms with Crippen molar-refractivity contribution in [2.45, 2.75) is 25.5 Å². The van der Waals surface area contributed by atoms with Crippen LogP contribution in [-0.4, -0.2) is 37.1 Å². The number of rotatable bonds is 7. The Kier molecular flexibility index (Phi) is 7.95. The Morgan fingerprint density at radius 1 is 0.970 bits per heavy atom. The lowest BCUT2D eigenvalue weighted by Crippen LogP contribution is -2.36. The molecule has 0 unspecified atom stereocenters. The van der Waals surface area contributed by atoms with Crippen molar-refractivity contribution in [2.75, 3.05) is 25.5 Å². The van der Waals surface area contributed by atoms with Crippen molar-refractivity contribution in [2.24, 2.45) is 0 Å². The predicted molar refractivity (Wildman–Crippen MR) is 136 cm³/mol. The number of halogens is 1. The first kappa shape index (κ1) is 23.2. The maximum Gasteiger partial charge on any atom is 0.248 e. The zero-order valence-corrected chi connectivity index (χ0v) is 19.6. The van der Waals surface area contributed by atoms with Crippen LogP contribution < -0.4 is 5.32 Å². The Hall–Kier alpha value is -2.92. The van der Waals surface area contributed by atoms with E-state index in [0.29, 0.717) is 11.1 Å². The maximum atomic E-state index is 12.3. The Balaban J connectivity index is 1.27. The SMILES string of the molecule is COC1CCN(Cc2ccc(C=CC(=O)Nc3ccc(-c4ccc(Cl)cc4)cc3)cc2)CC1. The number of nitrogens with zero attached hydrogens (tertiary/aromatic N) is 1. The fourth-order valence-electron chi connectivity index (χ4n) is 4.04. The number of methoxy groups -OCH3 is 1. The van der Waals surface area contributed by atoms with Crippen LogP contribution in [0.15, 0.2) is 78.9 Å². The molecule has 1 aliphatic rings. The van der Waals surface area contributed by atoms with Crippen LogP contribution in [0.2, 0.25) is 5.02 Å². The molecule has 1 aliphatic heterocycles. The molecule has 3 aromatic carbocycles. The van der Waals surface area contributed by atoms with Gasteiger partial charge in [-0.2, -0.15) is 0 Å². The van der Waals surface area contributed by atoms with Crippen molar-refractivity contribution < 1.29 is 9.53 Å². The minimum absolute atomic E-state index is 0.153. The lowest BCUT2D eigenvalue weighted by Gasteiger charge is -2.31. The van der Waals surface area contributed by atoms with Crippen molar-refractivity contribution in [1.82, 2.24) is 4.90 Å². The topological polar surface area (TPSA) is 41.6 Å². The number of carbonyl (C=O) groups is 1. The van der Waals surface area contributed by atoms with Crippen molar-refractivity contribution in [3.05, 3.63) is 95.0 Å². The third kappa shape index (κ3) is 6.78. The van der Waals surface area contributed by atoms with Gasteiger partial charge in [0.2, 0.25) is 5.91 Å². The zero-order valence-electron chi connectivity index (χ0n) is 18.8. The van der Waals surface area contributed by atoms with Crippen LogP contribution in [-0.2, 0) is 16.1 Å². The summed E-state index contributed by atoms with van der Waals surface area (Å²) in [6.07, 6.45) is 6.00. The first-order chi connectivity index (χ1) is 16.1. The number of amides is 1. The summed E-state index contributed by atoms with van der Waals surface area (Å²) in [5.74, 6) is -0.153. The molecular formula is C28H29ClN2O2. The number of likely N-dealkylation sites (tertiary alicyclic amines) is 1. The van der Waals surface area contributed by atoms with Crippen LogP contribution in [0.5, 0.6) is 0 Å². The van der Waals surface area contributed by atoms with Gasteiger partial charge in [0.1, 0.15) is 0 Å². The smallest absolute Gasteiger partial charge is 0.248 e. The number of nitrogens with one attached hydrogen (secondary N) is 1. The van der Waals surface area contributed by atoms with Gasteiger partial charge in [-0.05, 0) is 65.4 Å². The average Bonchev–Trinajstić information content (AvgIpc) is 2.85. The number of carbonyl (C=O) groups excluding carboxylic acids is 1. The Morgan fingerprint density at radius 2 is 1.58 bits per heavy atom. The van der Waals surface area contributed by atoms with Crippen LogP contribution in [0.3, 0.4) is 0 Å². The van der Waals surface area contributed by atoms with Gasteiger partial charge in [0.05, 0.1) is 6.10 Å². The highest BCUT2D eigenvalue weighted by Crippen LogP contribution is 2.23. The molecule has 1 amide bonds. The van der Waals surface area contributed by atoms with Gasteiger partial charge >= 0.3 is 0 Å². The summed E-state index contributed by atoms with van der Waals surface area (Å²) in [7, 11) is 1.80. The van der Waals surface area contributed by atoms with Crippen LogP contribution >= 0.6 is 11.6 Å². The van der Waals surface area contributed by atoms with Crippen LogP contribution in [0, 0.1) is 0 Å². The number of hydrogen-bond acceptors (Lipinski definition) is 3. The van der Waals surface area contributed by atoms with Crippen molar-refractivity contribution >= 4 is 29.3 Å². The van der Waals surface area contributed by atoms with E-state index in [4.69, 9.17) is 16.3 Å². The summed E-state index contributed by atoms with van der Waals surface area (Å²) < 4.78 is 5.45. The largest absolute Gasteiger partial charge is 0.381 e. The van der Waals surface area contributed by atoms with E-state index >= 15 is 0 Å². The summed E-state index contributed by atoms with van der Waals surface area (Å²) in [5, 5.41) is 3.62. The Bertz CT molecular complexity index is 1070. The molecule has 0 aliphatic carbocycles. The van der Waals surface area contributed by atoms with Gasteiger partial charge in [0.15, 0.2) is 0 Å². The molecule has 1 fully saturated rings. The van der Waals surface area contributed by atoms with Gasteiger partial charge in [-0.15, -0.1) is 0 Å². The Labute approximate surface area is 200 Å². The number of anilines is 1. The second-order valence-electron chi connectivity index (χ2n) is 8.36. The Morgan fingerprint density at radius 3 is 2.18 bits per heavy atom. The molecule has 0 radical (unpaired) electrons. The van der Waals surface area contributed by atoms with Gasteiger partial charge < -0.3 is 10.1 Å². The summed E-state index contributed by atoms with van der Waals surface area (Å²) >= 11 is 5.95. The fourth-order valence-corrected chi connectivity index (χ4v) is 4.17. The minimum atomic E-state index is -0.153. The normalized spacial score (nSPS) is 15.1. The van der Waals surface area contributed by atoms with Gasteiger partial charge in [0.25, 0.3) is 0 Å². The summed E-state index contributed by atoms with van der Waals surface area (Å²) in [4.78, 5) is 14.8. The fraction of sp³-hybridized carbons (Fsp3) is 0.250. The number of benzene rings is 3. The minimum Gasteiger partial charge on any atom is -0.381 e. The highest BCUT2D eigenvalue weighted by Gasteiger charge is 2.18. The van der Waals surface area contributed by atoms with Crippen LogP contribution in [0.1, 0.15) is 24.0 Å². The standard InChI is InChI=1S/C28H29ClN2O2/c1-33-27-16-18-31(19-17-27)20-22-4-2-21(3-5-22)6-15-28(32)30-26-13-9-24(10-14-26)23-7-11-25(29)12-8-23/h2-15,27H,16-20H2,1H3,(H,30,32). The second-order valence-corrected chi connectivity index (χ2v) is 8.80. The lowest BCUT2D eigenvalue weighted by atomic mass is 10.1. The van der Waals surface area contributed by atoms with Crippen molar-refractivity contribution in [3.63, 3.8) is 0 Å². The van der Waals surface area contributed by atoms with Gasteiger partial charge in [0, 0.05) is 43.5 Å². The van der Waals surface area contributed by atoms with Gasteiger partial charge in [-0.3, -0.25) is 9.69 Å². The summed E-state index contributed by atoms with van der Waals surface area (Å²) in [6.45, 7) is 3.09. The number of ether oxygens (including phenoxy) is 1. The summed E-state index contributed by atoms with van der Waals surface area (Å²) in [5.41, 5.74) is 5.21. The van der Waals surface area contributed by atoms with Crippen molar-refractivity contribution in [3.8, 4) is 11.1 Å². The molecule has 0 spiro atoms. The molecule has 3 aromatic rings. The van der Waals surface area contributed by atoms with E-state index in [2.05, 4.69) is 34.5 Å². The first-order valence-corrected chi connectivity index (χ1v) is 11.7. The van der Waals surface area contributed by atoms with E-state index < -0.39 is 0 Å². The molecule has 170 valence electrons. The van der Waals surface area contributed by atoms with Crippen molar-refractivity contribution in [1.29, 1.82) is 0 Å². The molecule has 33 heavy (non-hydrogen) atoms. The highest BCUT2D eigenvalue weighted by atomic mass is 35.5. The maximum absolute atomic E-state index is 12.3. The molecule has 1 N–H and O–H groups in total. The quantitative estimate of drug-likeness (QED) is 0.422. The van der Waals surface area contributed by atoms with E-state index in [1.165, 1.54) is 5.56 Å². The molecule has 4 rings (SSSR count). The van der Waals surface area contributed by atoms with E-state index in [9.17, 15) is 4.79 Å². The molecule has 0 bridgehead atoms. The monoisotopic (exact) mass is 460 g/mol. The second kappa shape index (κ2) is 11.3. The summed E-state index contributed by atoms with van der Waals surface area (Å²) in [6, 6.07) is 23.9. The van der Waals surface area contributed by atoms with E-state index in [0.717, 1.165) is 54.9 Å². The lowest BCUT2D eigenvalue weighted by molar-refractivity contribution is -0.111. The molecular weight excluding hydrogens is 432 g/mol. The third-order valence-corrected chi connectivity index (χ3v) is 6.26. The predicted octanol–water partition coefficient (Wildman–Crippen LogP) is 6.27. The third-order valence-electron chi connectivity index (χ3n) is 6.01. The molecule has 0 saturated carbocycles. The van der Waals surface area contributed by atoms with Gasteiger partial charge in [-0.1, -0.05) is 60.1 Å². The highest BCUT2D eigenvalue weighted by molar-refractivity contribution is 6.30. The molecule has 4 nitrogen and oxygen atoms in total. The zero-order chi connectivity index (χ0) is 23.0. The van der Waals surface area contributed by atoms with Crippen LogP contribution in [0.4, 0.5) is 5.69 Å². The number of piperidine rings is 1. The van der Waals surface area contributed by atoms with E-state index in [1.807, 2.05) is 54.6 Å². The molecule has 1 heterocycles. The number of hydrogen-bond donors (Lipinski definition) is 1. The first-order valence-electron chi connectivity index (χ1n) is 11.3. The average molecular weight is 461 g/mol. The van der Waals surface area contributed by atoms with E-state index in [-0.39, 0.29) is 5.91 Å². The molecule has 0 atom stereocenters.